The van der Waals surface area contributed by atoms with Gasteiger partial charge in [-0.3, -0.25) is 9.59 Å². The Morgan fingerprint density at radius 3 is 2.17 bits per heavy atom. The molecule has 0 heterocycles. The number of para-hydroxylation sites is 1. The smallest absolute Gasteiger partial charge is 0.342 e. The van der Waals surface area contributed by atoms with Crippen LogP contribution < -0.4 is 4.74 Å². The van der Waals surface area contributed by atoms with E-state index in [4.69, 9.17) is 33.2 Å². The first-order valence-electron chi connectivity index (χ1n) is 12.0. The molecule has 0 N–H and O–H groups in total. The van der Waals surface area contributed by atoms with E-state index in [9.17, 15) is 14.4 Å². The quantitative estimate of drug-likeness (QED) is 0.273. The first kappa shape index (κ1) is 29.5. The molecular formula is C26H38O10. The Balaban J connectivity index is 1.90. The fourth-order valence-electron chi connectivity index (χ4n) is 4.10. The number of esters is 3. The molecule has 1 aromatic rings. The van der Waals surface area contributed by atoms with Crippen molar-refractivity contribution in [3.8, 4) is 5.75 Å². The molecule has 5 unspecified atom stereocenters. The molecule has 1 fully saturated rings. The van der Waals surface area contributed by atoms with Gasteiger partial charge in [-0.25, -0.2) is 4.79 Å². The fourth-order valence-corrected chi connectivity index (χ4v) is 4.10. The molecule has 0 bridgehead atoms. The Hall–Kier alpha value is -2.69. The summed E-state index contributed by atoms with van der Waals surface area (Å²) >= 11 is 0. The van der Waals surface area contributed by atoms with Gasteiger partial charge < -0.3 is 33.2 Å². The topological polar surface area (TPSA) is 116 Å². The summed E-state index contributed by atoms with van der Waals surface area (Å²) in [6.45, 7) is 2.33. The van der Waals surface area contributed by atoms with E-state index in [-0.39, 0.29) is 31.5 Å². The minimum Gasteiger partial charge on any atom is -0.490 e. The fraction of sp³-hybridized carbons (Fsp3) is 0.654. The van der Waals surface area contributed by atoms with Gasteiger partial charge in [-0.15, -0.1) is 0 Å². The zero-order valence-electron chi connectivity index (χ0n) is 21.7. The van der Waals surface area contributed by atoms with Crippen molar-refractivity contribution in [1.82, 2.24) is 0 Å². The lowest BCUT2D eigenvalue weighted by molar-refractivity contribution is -0.164. The molecule has 0 saturated heterocycles. The van der Waals surface area contributed by atoms with E-state index in [1.165, 1.54) is 14.2 Å². The van der Waals surface area contributed by atoms with E-state index >= 15 is 0 Å². The number of carbonyl (C=O) groups excluding carboxylic acids is 3. The molecule has 1 aliphatic carbocycles. The second-order valence-electron chi connectivity index (χ2n) is 8.86. The number of ether oxygens (including phenoxy) is 7. The Labute approximate surface area is 212 Å². The van der Waals surface area contributed by atoms with E-state index in [1.54, 1.807) is 38.5 Å². The van der Waals surface area contributed by atoms with E-state index in [0.717, 1.165) is 6.42 Å². The standard InChI is InChI=1S/C26H38O10/c1-17-10-11-20(22(12-17)24(27)33-5)25(28)35-15-19(32-4)16-36-26(29)21-8-6-7-9-23(21)34-14-18(31-3)13-30-2/h6-9,17-20,22H,10-16H2,1-5H3. The van der Waals surface area contributed by atoms with E-state index < -0.39 is 35.8 Å². The van der Waals surface area contributed by atoms with Crippen molar-refractivity contribution in [1.29, 1.82) is 0 Å². The molecule has 2 rings (SSSR count). The monoisotopic (exact) mass is 510 g/mol. The molecular weight excluding hydrogens is 472 g/mol. The van der Waals surface area contributed by atoms with Crippen LogP contribution in [0.4, 0.5) is 0 Å². The van der Waals surface area contributed by atoms with E-state index in [2.05, 4.69) is 0 Å². The predicted molar refractivity (Wildman–Crippen MR) is 129 cm³/mol. The summed E-state index contributed by atoms with van der Waals surface area (Å²) in [5, 5.41) is 0. The van der Waals surface area contributed by atoms with Gasteiger partial charge in [0, 0.05) is 21.3 Å². The van der Waals surface area contributed by atoms with Crippen molar-refractivity contribution >= 4 is 17.9 Å². The number of hydrogen-bond donors (Lipinski definition) is 0. The lowest BCUT2D eigenvalue weighted by Crippen LogP contribution is -2.38. The number of carbonyl (C=O) groups is 3. The van der Waals surface area contributed by atoms with Gasteiger partial charge >= 0.3 is 17.9 Å². The summed E-state index contributed by atoms with van der Waals surface area (Å²) in [4.78, 5) is 37.6. The van der Waals surface area contributed by atoms with Crippen molar-refractivity contribution in [2.45, 2.75) is 38.4 Å². The minimum absolute atomic E-state index is 0.118. The molecule has 10 heteroatoms. The molecule has 10 nitrogen and oxygen atoms in total. The summed E-state index contributed by atoms with van der Waals surface area (Å²) in [6, 6.07) is 6.70. The molecule has 5 atom stereocenters. The van der Waals surface area contributed by atoms with Gasteiger partial charge in [0.05, 0.1) is 25.6 Å². The van der Waals surface area contributed by atoms with Crippen LogP contribution in [0, 0.1) is 17.8 Å². The van der Waals surface area contributed by atoms with Crippen molar-refractivity contribution in [2.24, 2.45) is 17.8 Å². The van der Waals surface area contributed by atoms with Crippen LogP contribution in [-0.4, -0.2) is 85.0 Å². The largest absolute Gasteiger partial charge is 0.490 e. The Morgan fingerprint density at radius 1 is 0.833 bits per heavy atom. The third-order valence-electron chi connectivity index (χ3n) is 6.28. The van der Waals surface area contributed by atoms with Gasteiger partial charge in [0.25, 0.3) is 0 Å². The Morgan fingerprint density at radius 2 is 1.50 bits per heavy atom. The molecule has 1 aliphatic rings. The first-order valence-corrected chi connectivity index (χ1v) is 12.0. The number of hydrogen-bond acceptors (Lipinski definition) is 10. The van der Waals surface area contributed by atoms with Crippen molar-refractivity contribution in [3.05, 3.63) is 29.8 Å². The summed E-state index contributed by atoms with van der Waals surface area (Å²) in [7, 11) is 5.87. The lowest BCUT2D eigenvalue weighted by Gasteiger charge is -2.31. The van der Waals surface area contributed by atoms with Crippen LogP contribution in [0.25, 0.3) is 0 Å². The van der Waals surface area contributed by atoms with Crippen molar-refractivity contribution in [2.75, 3.05) is 54.9 Å². The zero-order valence-corrected chi connectivity index (χ0v) is 21.7. The predicted octanol–water partition coefficient (Wildman–Crippen LogP) is 2.67. The average Bonchev–Trinajstić information content (AvgIpc) is 2.90. The zero-order chi connectivity index (χ0) is 26.5. The van der Waals surface area contributed by atoms with Crippen LogP contribution in [0.15, 0.2) is 24.3 Å². The van der Waals surface area contributed by atoms with Gasteiger partial charge in [0.1, 0.15) is 43.3 Å². The van der Waals surface area contributed by atoms with Gasteiger partial charge in [0.2, 0.25) is 0 Å². The molecule has 0 spiro atoms. The first-order chi connectivity index (χ1) is 17.3. The second kappa shape index (κ2) is 15.4. The SMILES string of the molecule is COCC(COc1ccccc1C(=O)OCC(COC(=O)C1CCC(C)CC1C(=O)OC)OC)OC. The third kappa shape index (κ3) is 8.76. The van der Waals surface area contributed by atoms with Crippen molar-refractivity contribution in [3.63, 3.8) is 0 Å². The molecule has 36 heavy (non-hydrogen) atoms. The highest BCUT2D eigenvalue weighted by Gasteiger charge is 2.40. The highest BCUT2D eigenvalue weighted by atomic mass is 16.6. The number of methoxy groups -OCH3 is 4. The van der Waals surface area contributed by atoms with E-state index in [0.29, 0.717) is 31.1 Å². The lowest BCUT2D eigenvalue weighted by atomic mass is 9.74. The van der Waals surface area contributed by atoms with E-state index in [1.807, 2.05) is 6.92 Å². The molecule has 0 aliphatic heterocycles. The van der Waals surface area contributed by atoms with Crippen LogP contribution in [0.3, 0.4) is 0 Å². The maximum atomic E-state index is 12.7. The average molecular weight is 511 g/mol. The summed E-state index contributed by atoms with van der Waals surface area (Å²) in [5.41, 5.74) is 0.244. The van der Waals surface area contributed by atoms with Crippen LogP contribution in [0.2, 0.25) is 0 Å². The molecule has 0 aromatic heterocycles. The Kier molecular flexibility index (Phi) is 12.7. The van der Waals surface area contributed by atoms with Crippen LogP contribution in [-0.2, 0) is 38.0 Å². The second-order valence-corrected chi connectivity index (χ2v) is 8.86. The third-order valence-corrected chi connectivity index (χ3v) is 6.28. The molecule has 0 radical (unpaired) electrons. The maximum Gasteiger partial charge on any atom is 0.342 e. The molecule has 1 saturated carbocycles. The van der Waals surface area contributed by atoms with Crippen LogP contribution in [0.5, 0.6) is 5.75 Å². The molecule has 0 amide bonds. The van der Waals surface area contributed by atoms with Crippen LogP contribution in [0.1, 0.15) is 36.5 Å². The highest BCUT2D eigenvalue weighted by molar-refractivity contribution is 5.92. The van der Waals surface area contributed by atoms with Crippen molar-refractivity contribution < 1.29 is 47.5 Å². The number of benzene rings is 1. The highest BCUT2D eigenvalue weighted by Crippen LogP contribution is 2.35. The van der Waals surface area contributed by atoms with Crippen LogP contribution >= 0.6 is 0 Å². The normalized spacial score (nSPS) is 21.2. The maximum absolute atomic E-state index is 12.7. The summed E-state index contributed by atoms with van der Waals surface area (Å²) in [6.07, 6.45) is 0.992. The molecule has 202 valence electrons. The Bertz CT molecular complexity index is 842. The summed E-state index contributed by atoms with van der Waals surface area (Å²) < 4.78 is 37.2. The summed E-state index contributed by atoms with van der Waals surface area (Å²) in [5.74, 6) is -1.90. The van der Waals surface area contributed by atoms with Gasteiger partial charge in [0.15, 0.2) is 0 Å². The van der Waals surface area contributed by atoms with Gasteiger partial charge in [-0.1, -0.05) is 19.1 Å². The number of rotatable bonds is 14. The molecule has 1 aromatic carbocycles. The van der Waals surface area contributed by atoms with Gasteiger partial charge in [-0.05, 0) is 37.3 Å². The van der Waals surface area contributed by atoms with Gasteiger partial charge in [-0.2, -0.15) is 0 Å². The minimum atomic E-state index is -0.676.